The fourth-order valence-electron chi connectivity index (χ4n) is 13.7. The average molecular weight is 741 g/mol. The third-order valence-electron chi connectivity index (χ3n) is 16.7. The average Bonchev–Trinajstić information content (AvgIpc) is 3.65. The summed E-state index contributed by atoms with van der Waals surface area (Å²) in [4.78, 5) is 37.6. The molecule has 1 aromatic heterocycles. The minimum atomic E-state index is -1.16. The van der Waals surface area contributed by atoms with Crippen LogP contribution in [0.2, 0.25) is 0 Å². The molecular formula is C46H60O6S. The third-order valence-corrected chi connectivity index (χ3v) is 17.8. The summed E-state index contributed by atoms with van der Waals surface area (Å²) in [6.07, 6.45) is 10.3. The Morgan fingerprint density at radius 1 is 0.906 bits per heavy atom. The molecule has 286 valence electrons. The molecule has 2 aromatic rings. The summed E-state index contributed by atoms with van der Waals surface area (Å²) in [5, 5.41) is 20.7. The number of carbonyl (C=O) groups is 3. The summed E-state index contributed by atoms with van der Waals surface area (Å²) >= 11 is 1.33. The number of allylic oxidation sites excluding steroid dienone is 1. The van der Waals surface area contributed by atoms with Gasteiger partial charge in [0.25, 0.3) is 0 Å². The zero-order valence-electron chi connectivity index (χ0n) is 33.2. The standard InChI is InChI=1S/C46H60O6S/c1-27(2)28-16-22-46(23-17-30-29-12-10-11-13-32(29)53-38(30)39(48)49)25-24-44(8)31(37(28)46)14-15-34-43(7)20-19-35(52-36(47)26-41(3,4)40(50)51)42(5,6)33(43)18-21-45(34,44)9/h10-13,28,31,33-35,37H,1,14-16,18-22,24-26H2,2-9H3,(H,48,49)(H,50,51)/t28-,31?,33?,34?,35-,37?,43-,44+,45+,46-/m0/s1. The summed E-state index contributed by atoms with van der Waals surface area (Å²) in [5.41, 5.74) is 0.798. The van der Waals surface area contributed by atoms with Gasteiger partial charge in [-0.3, -0.25) is 9.59 Å². The van der Waals surface area contributed by atoms with E-state index in [0.717, 1.165) is 61.5 Å². The monoisotopic (exact) mass is 740 g/mol. The highest BCUT2D eigenvalue weighted by molar-refractivity contribution is 7.21. The van der Waals surface area contributed by atoms with E-state index in [4.69, 9.17) is 4.74 Å². The number of fused-ring (bicyclic) bond motifs is 8. The second kappa shape index (κ2) is 12.7. The van der Waals surface area contributed by atoms with Gasteiger partial charge in [0.2, 0.25) is 0 Å². The van der Waals surface area contributed by atoms with Crippen molar-refractivity contribution in [3.8, 4) is 11.8 Å². The second-order valence-corrected chi connectivity index (χ2v) is 21.0. The number of hydrogen-bond donors (Lipinski definition) is 2. The lowest BCUT2D eigenvalue weighted by atomic mass is 9.32. The van der Waals surface area contributed by atoms with Gasteiger partial charge in [0.15, 0.2) is 0 Å². The maximum atomic E-state index is 13.1. The Morgan fingerprint density at radius 3 is 2.30 bits per heavy atom. The first kappa shape index (κ1) is 38.2. The number of carboxylic acid groups (broad SMARTS) is 2. The molecule has 7 rings (SSSR count). The third kappa shape index (κ3) is 5.65. The molecule has 5 saturated carbocycles. The summed E-state index contributed by atoms with van der Waals surface area (Å²) in [6, 6.07) is 7.95. The van der Waals surface area contributed by atoms with E-state index in [-0.39, 0.29) is 39.6 Å². The van der Waals surface area contributed by atoms with E-state index in [9.17, 15) is 24.6 Å². The number of carboxylic acids is 2. The Kier molecular flexibility index (Phi) is 9.16. The van der Waals surface area contributed by atoms with Crippen molar-refractivity contribution in [2.45, 2.75) is 132 Å². The predicted molar refractivity (Wildman–Crippen MR) is 211 cm³/mol. The van der Waals surface area contributed by atoms with Crippen LogP contribution >= 0.6 is 11.3 Å². The molecule has 4 unspecified atom stereocenters. The number of hydrogen-bond acceptors (Lipinski definition) is 5. The number of thiophene rings is 1. The van der Waals surface area contributed by atoms with Gasteiger partial charge in [-0.15, -0.1) is 11.3 Å². The van der Waals surface area contributed by atoms with Gasteiger partial charge in [-0.25, -0.2) is 4.79 Å². The quantitative estimate of drug-likeness (QED) is 0.174. The van der Waals surface area contributed by atoms with E-state index in [0.29, 0.717) is 40.0 Å². The molecular weight excluding hydrogens is 681 g/mol. The van der Waals surface area contributed by atoms with E-state index in [2.05, 4.69) is 60.0 Å². The summed E-state index contributed by atoms with van der Waals surface area (Å²) in [6.45, 7) is 22.3. The van der Waals surface area contributed by atoms with Gasteiger partial charge in [-0.1, -0.05) is 76.8 Å². The Labute approximate surface area is 320 Å². The Balaban J connectivity index is 1.19. The van der Waals surface area contributed by atoms with Gasteiger partial charge in [0, 0.05) is 20.9 Å². The van der Waals surface area contributed by atoms with Crippen LogP contribution in [0.3, 0.4) is 0 Å². The molecule has 0 bridgehead atoms. The van der Waals surface area contributed by atoms with Gasteiger partial charge >= 0.3 is 17.9 Å². The molecule has 0 spiro atoms. The normalized spacial score (nSPS) is 38.6. The fourth-order valence-corrected chi connectivity index (χ4v) is 14.7. The van der Waals surface area contributed by atoms with Crippen LogP contribution in [-0.4, -0.2) is 34.2 Å². The molecule has 7 heteroatoms. The van der Waals surface area contributed by atoms with Crippen molar-refractivity contribution >= 4 is 39.3 Å². The lowest BCUT2D eigenvalue weighted by Crippen LogP contribution is -2.66. The molecule has 5 aliphatic rings. The van der Waals surface area contributed by atoms with Crippen molar-refractivity contribution in [3.05, 3.63) is 46.9 Å². The Bertz CT molecular complexity index is 1930. The van der Waals surface area contributed by atoms with Crippen molar-refractivity contribution in [2.24, 2.45) is 62.1 Å². The van der Waals surface area contributed by atoms with Crippen molar-refractivity contribution < 1.29 is 29.3 Å². The van der Waals surface area contributed by atoms with Crippen LogP contribution in [0.15, 0.2) is 36.4 Å². The fraction of sp³-hybridized carbons (Fsp3) is 0.674. The van der Waals surface area contributed by atoms with Crippen LogP contribution in [0.25, 0.3) is 10.1 Å². The topological polar surface area (TPSA) is 101 Å². The summed E-state index contributed by atoms with van der Waals surface area (Å²) in [5.74, 6) is 7.43. The smallest absolute Gasteiger partial charge is 0.347 e. The number of aromatic carboxylic acids is 1. The predicted octanol–water partition coefficient (Wildman–Crippen LogP) is 11.0. The number of carbonyl (C=O) groups excluding carboxylic acids is 1. The first-order chi connectivity index (χ1) is 24.7. The molecule has 0 radical (unpaired) electrons. The van der Waals surface area contributed by atoms with Crippen molar-refractivity contribution in [1.82, 2.24) is 0 Å². The zero-order valence-corrected chi connectivity index (χ0v) is 34.0. The molecule has 1 aromatic carbocycles. The van der Waals surface area contributed by atoms with Crippen LogP contribution in [0.4, 0.5) is 0 Å². The number of esters is 1. The highest BCUT2D eigenvalue weighted by Crippen LogP contribution is 2.77. The van der Waals surface area contributed by atoms with Gasteiger partial charge in [-0.2, -0.15) is 0 Å². The Morgan fingerprint density at radius 2 is 1.62 bits per heavy atom. The molecule has 2 N–H and O–H groups in total. The molecule has 1 heterocycles. The molecule has 53 heavy (non-hydrogen) atoms. The van der Waals surface area contributed by atoms with Gasteiger partial charge < -0.3 is 14.9 Å². The molecule has 6 nitrogen and oxygen atoms in total. The van der Waals surface area contributed by atoms with Crippen molar-refractivity contribution in [1.29, 1.82) is 0 Å². The van der Waals surface area contributed by atoms with Gasteiger partial charge in [-0.05, 0) is 137 Å². The zero-order chi connectivity index (χ0) is 38.5. The number of aliphatic carboxylic acids is 1. The minimum absolute atomic E-state index is 0.110. The van der Waals surface area contributed by atoms with Crippen molar-refractivity contribution in [3.63, 3.8) is 0 Å². The lowest BCUT2D eigenvalue weighted by Gasteiger charge is -2.72. The Hall–Kier alpha value is -3.11. The van der Waals surface area contributed by atoms with E-state index in [1.807, 2.05) is 24.3 Å². The molecule has 5 aliphatic carbocycles. The van der Waals surface area contributed by atoms with E-state index >= 15 is 0 Å². The molecule has 0 amide bonds. The second-order valence-electron chi connectivity index (χ2n) is 19.9. The van der Waals surface area contributed by atoms with Crippen LogP contribution in [-0.2, 0) is 14.3 Å². The minimum Gasteiger partial charge on any atom is -0.481 e. The molecule has 0 saturated heterocycles. The van der Waals surface area contributed by atoms with Crippen LogP contribution in [0.5, 0.6) is 0 Å². The lowest BCUT2D eigenvalue weighted by molar-refractivity contribution is -0.247. The van der Waals surface area contributed by atoms with Crippen LogP contribution in [0.1, 0.15) is 141 Å². The van der Waals surface area contributed by atoms with Crippen LogP contribution in [0, 0.1) is 73.9 Å². The summed E-state index contributed by atoms with van der Waals surface area (Å²) < 4.78 is 7.16. The SMILES string of the molecule is C=C(C)[C@@H]1CC[C@]2(C#Cc3c(C(=O)O)sc4ccccc34)CC[C@]3(C)C(CCC4[C@@]5(C)CC[C@H](OC(=O)CC(C)(C)C(=O)O)C(C)(C)C5CC[C@]43C)C12. The summed E-state index contributed by atoms with van der Waals surface area (Å²) in [7, 11) is 0. The molecule has 5 fully saturated rings. The number of ether oxygens (including phenoxy) is 1. The van der Waals surface area contributed by atoms with E-state index in [1.54, 1.807) is 13.8 Å². The first-order valence-electron chi connectivity index (χ1n) is 20.1. The first-order valence-corrected chi connectivity index (χ1v) is 20.9. The highest BCUT2D eigenvalue weighted by Gasteiger charge is 2.71. The number of rotatable bonds is 6. The van der Waals surface area contributed by atoms with Crippen LogP contribution < -0.4 is 0 Å². The molecule has 10 atom stereocenters. The van der Waals surface area contributed by atoms with E-state index < -0.39 is 23.3 Å². The molecule has 0 aliphatic heterocycles. The van der Waals surface area contributed by atoms with Crippen molar-refractivity contribution in [2.75, 3.05) is 0 Å². The van der Waals surface area contributed by atoms with Gasteiger partial charge in [0.1, 0.15) is 11.0 Å². The van der Waals surface area contributed by atoms with Gasteiger partial charge in [0.05, 0.1) is 17.4 Å². The van der Waals surface area contributed by atoms with E-state index in [1.165, 1.54) is 29.8 Å². The highest BCUT2D eigenvalue weighted by atomic mass is 32.1. The largest absolute Gasteiger partial charge is 0.481 e. The maximum absolute atomic E-state index is 13.1. The maximum Gasteiger partial charge on any atom is 0.347 e. The number of benzene rings is 1.